The first-order chi connectivity index (χ1) is 10.1. The highest BCUT2D eigenvalue weighted by Crippen LogP contribution is 2.31. The molecule has 0 saturated heterocycles. The summed E-state index contributed by atoms with van der Waals surface area (Å²) in [6.45, 7) is 6.70. The molecule has 2 aromatic rings. The average Bonchev–Trinajstić information content (AvgIpc) is 2.51. The van der Waals surface area contributed by atoms with Crippen LogP contribution in [-0.4, -0.2) is 29.8 Å². The summed E-state index contributed by atoms with van der Waals surface area (Å²) in [5, 5.41) is 14.5. The number of pyridine rings is 1. The van der Waals surface area contributed by atoms with Gasteiger partial charge in [-0.05, 0) is 24.5 Å². The van der Waals surface area contributed by atoms with E-state index in [1.165, 1.54) is 0 Å². The van der Waals surface area contributed by atoms with E-state index in [9.17, 15) is 5.11 Å². The Morgan fingerprint density at radius 3 is 2.81 bits per heavy atom. The topological polar surface area (TPSA) is 54.4 Å². The van der Waals surface area contributed by atoms with Crippen molar-refractivity contribution in [2.45, 2.75) is 33.3 Å². The maximum Gasteiger partial charge on any atom is 0.145 e. The van der Waals surface area contributed by atoms with Gasteiger partial charge in [0.15, 0.2) is 0 Å². The number of aliphatic hydroxyl groups is 1. The van der Waals surface area contributed by atoms with E-state index in [-0.39, 0.29) is 12.0 Å². The molecule has 0 fully saturated rings. The zero-order chi connectivity index (χ0) is 15.4. The molecule has 0 saturated carbocycles. The van der Waals surface area contributed by atoms with Crippen molar-refractivity contribution in [3.63, 3.8) is 0 Å². The molecule has 21 heavy (non-hydrogen) atoms. The van der Waals surface area contributed by atoms with E-state index in [2.05, 4.69) is 24.1 Å². The molecule has 2 rings (SSSR count). The molecule has 1 aromatic heterocycles. The minimum absolute atomic E-state index is 0.278. The third-order valence-corrected chi connectivity index (χ3v) is 4.06. The number of aliphatic hydroxyl groups excluding tert-OH is 1. The van der Waals surface area contributed by atoms with Crippen LogP contribution < -0.4 is 10.1 Å². The Labute approximate surface area is 126 Å². The Bertz CT molecular complexity index is 613. The van der Waals surface area contributed by atoms with Crippen molar-refractivity contribution >= 4 is 16.6 Å². The molecule has 0 aliphatic rings. The second-order valence-corrected chi connectivity index (χ2v) is 5.51. The molecule has 1 aromatic carbocycles. The molecule has 2 unspecified atom stereocenters. The van der Waals surface area contributed by atoms with E-state index in [1.54, 1.807) is 7.11 Å². The summed E-state index contributed by atoms with van der Waals surface area (Å²) < 4.78 is 5.36. The number of methoxy groups -OCH3 is 1. The maximum atomic E-state index is 10.1. The summed E-state index contributed by atoms with van der Waals surface area (Å²) >= 11 is 0. The van der Waals surface area contributed by atoms with Crippen LogP contribution in [0.5, 0.6) is 5.75 Å². The van der Waals surface area contributed by atoms with Gasteiger partial charge in [0.2, 0.25) is 0 Å². The van der Waals surface area contributed by atoms with Crippen molar-refractivity contribution in [2.75, 3.05) is 19.0 Å². The standard InChI is InChI=1S/C17H24N2O2/c1-5-11(2)14(20)10-19-16-12(3)9-18-17-13(16)7-6-8-15(17)21-4/h6-9,11,14,20H,5,10H2,1-4H3,(H,18,19). The van der Waals surface area contributed by atoms with E-state index in [0.717, 1.165) is 34.3 Å². The van der Waals surface area contributed by atoms with E-state index in [4.69, 9.17) is 4.74 Å². The highest BCUT2D eigenvalue weighted by Gasteiger charge is 2.14. The van der Waals surface area contributed by atoms with Crippen molar-refractivity contribution in [3.05, 3.63) is 30.0 Å². The van der Waals surface area contributed by atoms with Crippen LogP contribution in [0, 0.1) is 12.8 Å². The highest BCUT2D eigenvalue weighted by molar-refractivity contribution is 5.96. The lowest BCUT2D eigenvalue weighted by molar-refractivity contribution is 0.126. The number of nitrogens with zero attached hydrogens (tertiary/aromatic N) is 1. The van der Waals surface area contributed by atoms with Gasteiger partial charge >= 0.3 is 0 Å². The molecule has 114 valence electrons. The normalized spacial score (nSPS) is 14.0. The second-order valence-electron chi connectivity index (χ2n) is 5.51. The Hall–Kier alpha value is -1.81. The lowest BCUT2D eigenvalue weighted by Crippen LogP contribution is -2.26. The number of aromatic nitrogens is 1. The summed E-state index contributed by atoms with van der Waals surface area (Å²) in [4.78, 5) is 4.46. The number of para-hydroxylation sites is 1. The molecule has 2 atom stereocenters. The number of ether oxygens (including phenoxy) is 1. The number of rotatable bonds is 6. The molecule has 0 aliphatic heterocycles. The van der Waals surface area contributed by atoms with Crippen molar-refractivity contribution in [1.29, 1.82) is 0 Å². The fourth-order valence-electron chi connectivity index (χ4n) is 2.37. The molecule has 0 amide bonds. The number of nitrogens with one attached hydrogen (secondary N) is 1. The van der Waals surface area contributed by atoms with E-state index < -0.39 is 0 Å². The van der Waals surface area contributed by atoms with Gasteiger partial charge in [0.1, 0.15) is 11.3 Å². The summed E-state index contributed by atoms with van der Waals surface area (Å²) in [7, 11) is 1.65. The van der Waals surface area contributed by atoms with Gasteiger partial charge in [0.25, 0.3) is 0 Å². The lowest BCUT2D eigenvalue weighted by Gasteiger charge is -2.20. The first kappa shape index (κ1) is 15.6. The van der Waals surface area contributed by atoms with Gasteiger partial charge in [-0.15, -0.1) is 0 Å². The number of hydrogen-bond donors (Lipinski definition) is 2. The van der Waals surface area contributed by atoms with Gasteiger partial charge in [-0.3, -0.25) is 4.98 Å². The maximum absolute atomic E-state index is 10.1. The molecule has 0 bridgehead atoms. The third-order valence-electron chi connectivity index (χ3n) is 4.06. The minimum atomic E-state index is -0.358. The van der Waals surface area contributed by atoms with Gasteiger partial charge in [-0.25, -0.2) is 0 Å². The van der Waals surface area contributed by atoms with Crippen LogP contribution in [-0.2, 0) is 0 Å². The highest BCUT2D eigenvalue weighted by atomic mass is 16.5. The second kappa shape index (κ2) is 6.76. The van der Waals surface area contributed by atoms with Gasteiger partial charge in [0.05, 0.1) is 13.2 Å². The van der Waals surface area contributed by atoms with E-state index in [1.807, 2.05) is 31.3 Å². The van der Waals surface area contributed by atoms with Gasteiger partial charge in [0, 0.05) is 23.8 Å². The smallest absolute Gasteiger partial charge is 0.145 e. The van der Waals surface area contributed by atoms with Gasteiger partial charge < -0.3 is 15.2 Å². The molecule has 2 N–H and O–H groups in total. The van der Waals surface area contributed by atoms with Crippen LogP contribution in [0.25, 0.3) is 10.9 Å². The van der Waals surface area contributed by atoms with Gasteiger partial charge in [-0.1, -0.05) is 32.4 Å². The number of hydrogen-bond acceptors (Lipinski definition) is 4. The van der Waals surface area contributed by atoms with Crippen LogP contribution >= 0.6 is 0 Å². The Balaban J connectivity index is 2.32. The Morgan fingerprint density at radius 1 is 1.38 bits per heavy atom. The molecule has 0 spiro atoms. The molecule has 4 nitrogen and oxygen atoms in total. The van der Waals surface area contributed by atoms with Crippen molar-refractivity contribution < 1.29 is 9.84 Å². The van der Waals surface area contributed by atoms with Crippen molar-refractivity contribution in [2.24, 2.45) is 5.92 Å². The van der Waals surface area contributed by atoms with Crippen LogP contribution in [0.3, 0.4) is 0 Å². The first-order valence-electron chi connectivity index (χ1n) is 7.42. The number of aryl methyl sites for hydroxylation is 1. The molecule has 1 heterocycles. The minimum Gasteiger partial charge on any atom is -0.494 e. The molecular formula is C17H24N2O2. The van der Waals surface area contributed by atoms with E-state index >= 15 is 0 Å². The summed E-state index contributed by atoms with van der Waals surface area (Å²) in [6, 6.07) is 5.89. The van der Waals surface area contributed by atoms with E-state index in [0.29, 0.717) is 6.54 Å². The zero-order valence-electron chi connectivity index (χ0n) is 13.2. The van der Waals surface area contributed by atoms with Gasteiger partial charge in [-0.2, -0.15) is 0 Å². The molecule has 4 heteroatoms. The van der Waals surface area contributed by atoms with Crippen LogP contribution in [0.4, 0.5) is 5.69 Å². The van der Waals surface area contributed by atoms with Crippen LogP contribution in [0.2, 0.25) is 0 Å². The largest absolute Gasteiger partial charge is 0.494 e. The summed E-state index contributed by atoms with van der Waals surface area (Å²) in [6.07, 6.45) is 2.44. The zero-order valence-corrected chi connectivity index (χ0v) is 13.2. The fourth-order valence-corrected chi connectivity index (χ4v) is 2.37. The Kier molecular flexibility index (Phi) is 5.02. The first-order valence-corrected chi connectivity index (χ1v) is 7.42. The predicted octanol–water partition coefficient (Wildman–Crippen LogP) is 3.37. The molecule has 0 radical (unpaired) electrons. The van der Waals surface area contributed by atoms with Crippen molar-refractivity contribution in [3.8, 4) is 5.75 Å². The summed E-state index contributed by atoms with van der Waals surface area (Å²) in [5.41, 5.74) is 2.92. The number of benzene rings is 1. The predicted molar refractivity (Wildman–Crippen MR) is 87.0 cm³/mol. The fraction of sp³-hybridized carbons (Fsp3) is 0.471. The SMILES string of the molecule is CCC(C)C(O)CNc1c(C)cnc2c(OC)cccc12. The number of fused-ring (bicyclic) bond motifs is 1. The average molecular weight is 288 g/mol. The Morgan fingerprint density at radius 2 is 2.14 bits per heavy atom. The monoisotopic (exact) mass is 288 g/mol. The van der Waals surface area contributed by atoms with Crippen molar-refractivity contribution in [1.82, 2.24) is 4.98 Å². The number of anilines is 1. The quantitative estimate of drug-likeness (QED) is 0.855. The third kappa shape index (κ3) is 3.27. The molecule has 0 aliphatic carbocycles. The lowest BCUT2D eigenvalue weighted by atomic mass is 10.0. The molecular weight excluding hydrogens is 264 g/mol. The van der Waals surface area contributed by atoms with Crippen LogP contribution in [0.1, 0.15) is 25.8 Å². The summed E-state index contributed by atoms with van der Waals surface area (Å²) in [5.74, 6) is 1.04. The van der Waals surface area contributed by atoms with Crippen LogP contribution in [0.15, 0.2) is 24.4 Å².